The average Bonchev–Trinajstić information content (AvgIpc) is 2.14. The molecule has 0 spiro atoms. The molecule has 5 nitrogen and oxygen atoms in total. The van der Waals surface area contributed by atoms with Crippen LogP contribution >= 0.6 is 11.8 Å². The molecular formula is C3H2ClN3O2. The molecule has 1 aromatic heterocycles. The highest BCUT2D eigenvalue weighted by Crippen LogP contribution is 2.05. The van der Waals surface area contributed by atoms with Crippen LogP contribution in [-0.4, -0.2) is 14.0 Å². The van der Waals surface area contributed by atoms with Crippen molar-refractivity contribution >= 4 is 17.6 Å². The van der Waals surface area contributed by atoms with Crippen LogP contribution in [0.5, 0.6) is 0 Å². The molecule has 0 unspecified atom stereocenters. The van der Waals surface area contributed by atoms with Gasteiger partial charge >= 0.3 is 5.82 Å². The summed E-state index contributed by atoms with van der Waals surface area (Å²) in [6, 6.07) is 0. The number of hydrogen-bond acceptors (Lipinski definition) is 3. The van der Waals surface area contributed by atoms with Gasteiger partial charge in [-0.15, -0.1) is 0 Å². The van der Waals surface area contributed by atoms with Crippen LogP contribution in [0.2, 0.25) is 0 Å². The molecule has 6 heteroatoms. The molecule has 0 fully saturated rings. The number of halogens is 1. The molecule has 0 aromatic carbocycles. The molecule has 48 valence electrons. The Morgan fingerprint density at radius 1 is 1.89 bits per heavy atom. The summed E-state index contributed by atoms with van der Waals surface area (Å²) in [7, 11) is 0. The highest BCUT2D eigenvalue weighted by molar-refractivity contribution is 6.15. The number of aromatic nitrogens is 2. The zero-order chi connectivity index (χ0) is 6.85. The van der Waals surface area contributed by atoms with Gasteiger partial charge in [0.05, 0.1) is 0 Å². The first-order chi connectivity index (χ1) is 4.20. The van der Waals surface area contributed by atoms with Crippen molar-refractivity contribution in [2.75, 3.05) is 0 Å². The third kappa shape index (κ3) is 1.17. The maximum atomic E-state index is 9.89. The quantitative estimate of drug-likeness (QED) is 0.436. The van der Waals surface area contributed by atoms with E-state index in [2.05, 4.69) is 4.98 Å². The van der Waals surface area contributed by atoms with Crippen LogP contribution in [0.15, 0.2) is 12.5 Å². The van der Waals surface area contributed by atoms with Gasteiger partial charge in [0.15, 0.2) is 0 Å². The Bertz CT molecular complexity index is 233. The summed E-state index contributed by atoms with van der Waals surface area (Å²) >= 11 is 5.25. The van der Waals surface area contributed by atoms with Crippen molar-refractivity contribution in [2.24, 2.45) is 0 Å². The molecule has 0 aliphatic heterocycles. The second-order valence-corrected chi connectivity index (χ2v) is 1.72. The lowest BCUT2D eigenvalue weighted by Gasteiger charge is -1.81. The van der Waals surface area contributed by atoms with Gasteiger partial charge in [0.1, 0.15) is 6.20 Å². The first kappa shape index (κ1) is 6.03. The fourth-order valence-corrected chi connectivity index (χ4v) is 0.516. The number of rotatable bonds is 1. The van der Waals surface area contributed by atoms with Crippen LogP contribution in [0.1, 0.15) is 0 Å². The summed E-state index contributed by atoms with van der Waals surface area (Å²) in [6.07, 6.45) is 2.27. The lowest BCUT2D eigenvalue weighted by molar-refractivity contribution is -0.389. The van der Waals surface area contributed by atoms with E-state index in [9.17, 15) is 10.1 Å². The standard InChI is InChI=1S/C3H2ClN3O2/c4-6-1-3(5-2-6)7(8)9/h1-2H. The maximum absolute atomic E-state index is 9.89. The predicted octanol–water partition coefficient (Wildman–Crippen LogP) is 0.793. The van der Waals surface area contributed by atoms with Crippen LogP contribution in [-0.2, 0) is 0 Å². The van der Waals surface area contributed by atoms with E-state index in [4.69, 9.17) is 11.8 Å². The van der Waals surface area contributed by atoms with Crippen molar-refractivity contribution in [3.8, 4) is 0 Å². The van der Waals surface area contributed by atoms with Crippen molar-refractivity contribution in [1.82, 2.24) is 9.07 Å². The number of nitrogens with zero attached hydrogens (tertiary/aromatic N) is 3. The number of imidazole rings is 1. The first-order valence-electron chi connectivity index (χ1n) is 2.04. The van der Waals surface area contributed by atoms with Crippen LogP contribution in [0.25, 0.3) is 0 Å². The van der Waals surface area contributed by atoms with Crippen LogP contribution in [0.4, 0.5) is 5.82 Å². The summed E-state index contributed by atoms with van der Waals surface area (Å²) in [5, 5.41) is 9.89. The van der Waals surface area contributed by atoms with Gasteiger partial charge < -0.3 is 10.1 Å². The minimum absolute atomic E-state index is 0.245. The van der Waals surface area contributed by atoms with Crippen LogP contribution in [0, 0.1) is 10.1 Å². The number of nitro groups is 1. The fourth-order valence-electron chi connectivity index (χ4n) is 0.386. The zero-order valence-electron chi connectivity index (χ0n) is 4.19. The summed E-state index contributed by atoms with van der Waals surface area (Å²) in [5.41, 5.74) is 0. The van der Waals surface area contributed by atoms with E-state index in [1.54, 1.807) is 0 Å². The molecule has 0 aliphatic carbocycles. The Kier molecular flexibility index (Phi) is 1.35. The van der Waals surface area contributed by atoms with Gasteiger partial charge in [-0.3, -0.25) is 0 Å². The average molecular weight is 148 g/mol. The molecule has 0 radical (unpaired) electrons. The van der Waals surface area contributed by atoms with Crippen molar-refractivity contribution in [2.45, 2.75) is 0 Å². The number of hydrogen-bond donors (Lipinski definition) is 0. The Hall–Kier alpha value is -1.10. The molecule has 1 rings (SSSR count). The van der Waals surface area contributed by atoms with E-state index in [1.165, 1.54) is 0 Å². The minimum Gasteiger partial charge on any atom is -0.358 e. The van der Waals surface area contributed by atoms with E-state index >= 15 is 0 Å². The normalized spacial score (nSPS) is 9.44. The highest BCUT2D eigenvalue weighted by Gasteiger charge is 2.07. The van der Waals surface area contributed by atoms with E-state index in [-0.39, 0.29) is 5.82 Å². The summed E-state index contributed by atoms with van der Waals surface area (Å²) < 4.78 is 0.998. The van der Waals surface area contributed by atoms with E-state index < -0.39 is 4.92 Å². The Morgan fingerprint density at radius 3 is 2.78 bits per heavy atom. The second kappa shape index (κ2) is 2.02. The third-order valence-corrected chi connectivity index (χ3v) is 0.911. The molecule has 0 aliphatic rings. The highest BCUT2D eigenvalue weighted by atomic mass is 35.5. The lowest BCUT2D eigenvalue weighted by atomic mass is 10.8. The topological polar surface area (TPSA) is 61.0 Å². The fraction of sp³-hybridized carbons (Fsp3) is 0. The van der Waals surface area contributed by atoms with Crippen LogP contribution in [0.3, 0.4) is 0 Å². The van der Waals surface area contributed by atoms with Crippen molar-refractivity contribution in [3.63, 3.8) is 0 Å². The molecule has 0 N–H and O–H groups in total. The molecule has 0 amide bonds. The van der Waals surface area contributed by atoms with E-state index in [1.807, 2.05) is 0 Å². The lowest BCUT2D eigenvalue weighted by Crippen LogP contribution is -1.85. The smallest absolute Gasteiger partial charge is 0.358 e. The van der Waals surface area contributed by atoms with Crippen molar-refractivity contribution < 1.29 is 4.92 Å². The van der Waals surface area contributed by atoms with Crippen molar-refractivity contribution in [3.05, 3.63) is 22.6 Å². The van der Waals surface area contributed by atoms with E-state index in [0.29, 0.717) is 0 Å². The largest absolute Gasteiger partial charge is 0.383 e. The Morgan fingerprint density at radius 2 is 2.56 bits per heavy atom. The van der Waals surface area contributed by atoms with Gasteiger partial charge in [0.2, 0.25) is 6.33 Å². The monoisotopic (exact) mass is 147 g/mol. The molecule has 0 atom stereocenters. The zero-order valence-corrected chi connectivity index (χ0v) is 4.95. The molecule has 0 saturated carbocycles. The van der Waals surface area contributed by atoms with Gasteiger partial charge in [-0.1, -0.05) is 0 Å². The summed E-state index contributed by atoms with van der Waals surface area (Å²) in [5.74, 6) is -0.245. The second-order valence-electron chi connectivity index (χ2n) is 1.33. The Labute approximate surface area is 55.1 Å². The van der Waals surface area contributed by atoms with Gasteiger partial charge in [-0.05, 0) is 9.91 Å². The molecular weight excluding hydrogens is 146 g/mol. The Balaban J connectivity index is 2.98. The van der Waals surface area contributed by atoms with Crippen molar-refractivity contribution in [1.29, 1.82) is 0 Å². The SMILES string of the molecule is O=[N+]([O-])c1cn(Cl)cn1. The molecule has 1 heterocycles. The first-order valence-corrected chi connectivity index (χ1v) is 2.38. The van der Waals surface area contributed by atoms with Gasteiger partial charge in [-0.2, -0.15) is 0 Å². The summed E-state index contributed by atoms with van der Waals surface area (Å²) in [6.45, 7) is 0. The predicted molar refractivity (Wildman–Crippen MR) is 30.1 cm³/mol. The van der Waals surface area contributed by atoms with Gasteiger partial charge in [-0.25, -0.2) is 4.09 Å². The maximum Gasteiger partial charge on any atom is 0.383 e. The summed E-state index contributed by atoms with van der Waals surface area (Å²) in [4.78, 5) is 12.6. The van der Waals surface area contributed by atoms with Crippen LogP contribution < -0.4 is 0 Å². The molecule has 0 bridgehead atoms. The molecule has 1 aromatic rings. The molecule has 9 heavy (non-hydrogen) atoms. The van der Waals surface area contributed by atoms with Gasteiger partial charge in [0.25, 0.3) is 0 Å². The molecule has 0 saturated heterocycles. The van der Waals surface area contributed by atoms with E-state index in [0.717, 1.165) is 16.6 Å². The van der Waals surface area contributed by atoms with Gasteiger partial charge in [0, 0.05) is 11.8 Å². The third-order valence-electron chi connectivity index (χ3n) is 0.726. The minimum atomic E-state index is -0.612.